The van der Waals surface area contributed by atoms with Crippen LogP contribution in [0.2, 0.25) is 0 Å². The molecule has 0 radical (unpaired) electrons. The number of aromatic amines is 2. The third kappa shape index (κ3) is 4.77. The summed E-state index contributed by atoms with van der Waals surface area (Å²) in [5, 5.41) is 21.8. The van der Waals surface area contributed by atoms with E-state index in [4.69, 9.17) is 4.74 Å². The molecule has 0 bridgehead atoms. The summed E-state index contributed by atoms with van der Waals surface area (Å²) in [6.45, 7) is 3.53. The van der Waals surface area contributed by atoms with E-state index in [9.17, 15) is 19.5 Å². The van der Waals surface area contributed by atoms with Gasteiger partial charge in [0.2, 0.25) is 5.91 Å². The number of ether oxygens (including phenoxy) is 1. The molecule has 34 heavy (non-hydrogen) atoms. The summed E-state index contributed by atoms with van der Waals surface area (Å²) in [6.07, 6.45) is 0.141. The number of rotatable bonds is 8. The topological polar surface area (TPSA) is 163 Å². The van der Waals surface area contributed by atoms with Crippen molar-refractivity contribution in [2.24, 2.45) is 0 Å². The van der Waals surface area contributed by atoms with E-state index in [-0.39, 0.29) is 17.6 Å². The van der Waals surface area contributed by atoms with Crippen molar-refractivity contribution in [3.63, 3.8) is 0 Å². The van der Waals surface area contributed by atoms with Crippen molar-refractivity contribution in [2.45, 2.75) is 26.3 Å². The Hall–Kier alpha value is -4.54. The van der Waals surface area contributed by atoms with Gasteiger partial charge in [-0.05, 0) is 35.7 Å². The molecule has 0 aliphatic carbocycles. The van der Waals surface area contributed by atoms with E-state index in [2.05, 4.69) is 30.7 Å². The lowest BCUT2D eigenvalue weighted by Gasteiger charge is -2.15. The summed E-state index contributed by atoms with van der Waals surface area (Å²) in [5.41, 5.74) is 2.98. The highest BCUT2D eigenvalue weighted by molar-refractivity contribution is 5.82. The molecule has 4 aromatic rings. The molecule has 0 saturated carbocycles. The Labute approximate surface area is 193 Å². The van der Waals surface area contributed by atoms with Crippen LogP contribution in [0.4, 0.5) is 0 Å². The van der Waals surface area contributed by atoms with Crippen molar-refractivity contribution < 1.29 is 19.4 Å². The van der Waals surface area contributed by atoms with Crippen molar-refractivity contribution >= 4 is 23.0 Å². The molecule has 2 aromatic heterocycles. The van der Waals surface area contributed by atoms with Gasteiger partial charge in [0.05, 0.1) is 12.2 Å². The summed E-state index contributed by atoms with van der Waals surface area (Å²) in [6, 6.07) is 11.8. The van der Waals surface area contributed by atoms with Crippen LogP contribution >= 0.6 is 0 Å². The van der Waals surface area contributed by atoms with Gasteiger partial charge in [0, 0.05) is 13.3 Å². The van der Waals surface area contributed by atoms with Crippen molar-refractivity contribution in [1.82, 2.24) is 30.7 Å². The Morgan fingerprint density at radius 2 is 1.97 bits per heavy atom. The molecule has 1 atom stereocenters. The fourth-order valence-electron chi connectivity index (χ4n) is 3.62. The monoisotopic (exact) mass is 462 g/mol. The number of carboxylic acids is 1. The minimum absolute atomic E-state index is 0.120. The van der Waals surface area contributed by atoms with Crippen molar-refractivity contribution in [2.75, 3.05) is 6.61 Å². The van der Waals surface area contributed by atoms with Crippen LogP contribution in [-0.2, 0) is 16.0 Å². The molecule has 0 fully saturated rings. The fourth-order valence-corrected chi connectivity index (χ4v) is 3.62. The number of nitrogens with one attached hydrogen (secondary N) is 3. The van der Waals surface area contributed by atoms with E-state index in [0.717, 1.165) is 16.7 Å². The van der Waals surface area contributed by atoms with Gasteiger partial charge in [-0.2, -0.15) is 0 Å². The average molecular weight is 462 g/mol. The quantitative estimate of drug-likeness (QED) is 0.308. The Balaban J connectivity index is 1.69. The van der Waals surface area contributed by atoms with E-state index in [1.165, 1.54) is 6.92 Å². The summed E-state index contributed by atoms with van der Waals surface area (Å²) in [4.78, 5) is 42.2. The van der Waals surface area contributed by atoms with Crippen LogP contribution in [0.1, 0.15) is 19.4 Å². The number of aliphatic carboxylic acids is 1. The number of hydrogen-bond acceptors (Lipinski definition) is 7. The van der Waals surface area contributed by atoms with Gasteiger partial charge in [-0.1, -0.05) is 35.5 Å². The Bertz CT molecular complexity index is 1430. The Morgan fingerprint density at radius 3 is 2.71 bits per heavy atom. The van der Waals surface area contributed by atoms with Gasteiger partial charge >= 0.3 is 5.97 Å². The number of fused-ring (bicyclic) bond motifs is 1. The highest BCUT2D eigenvalue weighted by Crippen LogP contribution is 2.33. The normalized spacial score (nSPS) is 11.8. The van der Waals surface area contributed by atoms with Gasteiger partial charge in [-0.25, -0.2) is 14.9 Å². The van der Waals surface area contributed by atoms with E-state index in [1.807, 2.05) is 37.3 Å². The lowest BCUT2D eigenvalue weighted by atomic mass is 9.98. The SMILES string of the molecule is CCOc1cc(-c2cccc(CC(NC(C)=O)C(=O)O)c2)ccc1-c1nc2[nH]nnc2c(=O)[nH]1. The summed E-state index contributed by atoms with van der Waals surface area (Å²) < 4.78 is 5.83. The van der Waals surface area contributed by atoms with Gasteiger partial charge in [-0.3, -0.25) is 9.59 Å². The zero-order valence-electron chi connectivity index (χ0n) is 18.5. The summed E-state index contributed by atoms with van der Waals surface area (Å²) in [7, 11) is 0. The molecule has 4 N–H and O–H groups in total. The highest BCUT2D eigenvalue weighted by atomic mass is 16.5. The van der Waals surface area contributed by atoms with Crippen LogP contribution in [0.15, 0.2) is 47.3 Å². The maximum atomic E-state index is 12.3. The van der Waals surface area contributed by atoms with Crippen LogP contribution in [0.25, 0.3) is 33.7 Å². The molecular weight excluding hydrogens is 440 g/mol. The maximum absolute atomic E-state index is 12.3. The van der Waals surface area contributed by atoms with Gasteiger partial charge in [0.1, 0.15) is 17.6 Å². The Kier molecular flexibility index (Phi) is 6.35. The van der Waals surface area contributed by atoms with E-state index in [1.54, 1.807) is 12.1 Å². The first-order chi connectivity index (χ1) is 16.4. The largest absolute Gasteiger partial charge is 0.493 e. The van der Waals surface area contributed by atoms with Crippen LogP contribution in [0, 0.1) is 0 Å². The molecule has 0 spiro atoms. The van der Waals surface area contributed by atoms with E-state index in [0.29, 0.717) is 23.7 Å². The molecular formula is C23H22N6O5. The van der Waals surface area contributed by atoms with Crippen LogP contribution in [0.5, 0.6) is 5.75 Å². The molecule has 4 rings (SSSR count). The van der Waals surface area contributed by atoms with E-state index < -0.39 is 23.5 Å². The van der Waals surface area contributed by atoms with Gasteiger partial charge in [0.15, 0.2) is 11.2 Å². The molecule has 0 aliphatic heterocycles. The number of benzene rings is 2. The zero-order valence-corrected chi connectivity index (χ0v) is 18.5. The van der Waals surface area contributed by atoms with Gasteiger partial charge in [0.25, 0.3) is 5.56 Å². The number of H-pyrrole nitrogens is 2. The molecule has 11 heteroatoms. The van der Waals surface area contributed by atoms with Crippen molar-refractivity contribution in [3.8, 4) is 28.3 Å². The van der Waals surface area contributed by atoms with Gasteiger partial charge in [-0.15, -0.1) is 5.10 Å². The minimum Gasteiger partial charge on any atom is -0.493 e. The van der Waals surface area contributed by atoms with Crippen molar-refractivity contribution in [3.05, 3.63) is 58.4 Å². The lowest BCUT2D eigenvalue weighted by Crippen LogP contribution is -2.41. The summed E-state index contributed by atoms with van der Waals surface area (Å²) >= 11 is 0. The first-order valence-corrected chi connectivity index (χ1v) is 10.5. The van der Waals surface area contributed by atoms with Crippen LogP contribution in [0.3, 0.4) is 0 Å². The number of carbonyl (C=O) groups excluding carboxylic acids is 1. The molecule has 0 saturated heterocycles. The molecule has 0 aliphatic rings. The summed E-state index contributed by atoms with van der Waals surface area (Å²) in [5.74, 6) is -0.681. The van der Waals surface area contributed by atoms with Crippen molar-refractivity contribution in [1.29, 1.82) is 0 Å². The predicted octanol–water partition coefficient (Wildman–Crippen LogP) is 1.91. The lowest BCUT2D eigenvalue weighted by molar-refractivity contribution is -0.141. The second-order valence-corrected chi connectivity index (χ2v) is 7.56. The predicted molar refractivity (Wildman–Crippen MR) is 123 cm³/mol. The maximum Gasteiger partial charge on any atom is 0.326 e. The molecule has 174 valence electrons. The molecule has 1 amide bonds. The number of aromatic nitrogens is 5. The molecule has 1 unspecified atom stereocenters. The van der Waals surface area contributed by atoms with Gasteiger partial charge < -0.3 is 20.1 Å². The fraction of sp³-hybridized carbons (Fsp3) is 0.217. The minimum atomic E-state index is -1.10. The number of hydrogen-bond donors (Lipinski definition) is 4. The highest BCUT2D eigenvalue weighted by Gasteiger charge is 2.19. The van der Waals surface area contributed by atoms with Crippen LogP contribution in [-0.4, -0.2) is 55.0 Å². The second kappa shape index (κ2) is 9.53. The number of carbonyl (C=O) groups is 2. The molecule has 11 nitrogen and oxygen atoms in total. The van der Waals surface area contributed by atoms with Crippen LogP contribution < -0.4 is 15.6 Å². The second-order valence-electron chi connectivity index (χ2n) is 7.56. The number of amides is 1. The third-order valence-electron chi connectivity index (χ3n) is 5.11. The zero-order chi connectivity index (χ0) is 24.2. The smallest absolute Gasteiger partial charge is 0.326 e. The first kappa shape index (κ1) is 22.6. The number of nitrogens with zero attached hydrogens (tertiary/aromatic N) is 3. The first-order valence-electron chi connectivity index (χ1n) is 10.5. The third-order valence-corrected chi connectivity index (χ3v) is 5.11. The number of carboxylic acid groups (broad SMARTS) is 1. The molecule has 2 aromatic carbocycles. The average Bonchev–Trinajstić information content (AvgIpc) is 3.28. The van der Waals surface area contributed by atoms with E-state index >= 15 is 0 Å². The Morgan fingerprint density at radius 1 is 1.18 bits per heavy atom. The standard InChI is InChI=1S/C23H22N6O5/c1-3-34-18-11-15(7-8-16(18)20-25-21-19(22(31)26-20)27-29-28-21)14-6-4-5-13(9-14)10-17(23(32)33)24-12(2)30/h4-9,11,17H,3,10H2,1-2H3,(H,24,30)(H,32,33)(H2,25,26,27,28,29,31). The molecule has 2 heterocycles.